The fourth-order valence-electron chi connectivity index (χ4n) is 4.70. The second kappa shape index (κ2) is 16.7. The second-order valence-corrected chi connectivity index (χ2v) is 12.5. The lowest BCUT2D eigenvalue weighted by atomic mass is 10.1. The summed E-state index contributed by atoms with van der Waals surface area (Å²) in [6.45, 7) is 0. The molecule has 49 heavy (non-hydrogen) atoms. The molecule has 0 saturated heterocycles. The smallest absolute Gasteiger partial charge is 0.272 e. The number of nitrogens with one attached hydrogen (secondary N) is 3. The third-order valence-corrected chi connectivity index (χ3v) is 9.13. The Balaban J connectivity index is 1.41. The first-order valence-electron chi connectivity index (χ1n) is 14.9. The third-order valence-electron chi connectivity index (χ3n) is 7.14. The molecule has 0 heterocycles. The van der Waals surface area contributed by atoms with E-state index in [-0.39, 0.29) is 11.6 Å². The van der Waals surface area contributed by atoms with Gasteiger partial charge in [0.05, 0.1) is 24.3 Å². The maximum Gasteiger partial charge on any atom is 0.272 e. The second-order valence-electron chi connectivity index (χ2n) is 10.5. The standard InChI is InChI=1S/C38H31Cl2N3O5S/c1-47-29-18-16-26(34(23-29)48-2)20-33(43-36(44)25-12-7-4-8-13-25)37(45)41-27-14-9-15-30(21-27)49-35(24-10-5-3-6-11-24)38(46)42-28-17-19-31(39)32(40)22-28/h3-23,35H,1-2H3,(H,41,45)(H,42,46)(H,43,44)/b33-20+. The van der Waals surface area contributed by atoms with Crippen LogP contribution in [-0.4, -0.2) is 31.9 Å². The molecular formula is C38H31Cl2N3O5S. The summed E-state index contributed by atoms with van der Waals surface area (Å²) in [6, 6.07) is 35.0. The van der Waals surface area contributed by atoms with Crippen LogP contribution in [0.2, 0.25) is 10.0 Å². The number of thioether (sulfide) groups is 1. The number of amides is 3. The van der Waals surface area contributed by atoms with Crippen molar-refractivity contribution in [3.8, 4) is 11.5 Å². The number of rotatable bonds is 12. The molecule has 1 atom stereocenters. The number of carbonyl (C=O) groups excluding carboxylic acids is 3. The van der Waals surface area contributed by atoms with E-state index in [9.17, 15) is 14.4 Å². The summed E-state index contributed by atoms with van der Waals surface area (Å²) in [7, 11) is 3.05. The normalized spacial score (nSPS) is 11.6. The van der Waals surface area contributed by atoms with E-state index >= 15 is 0 Å². The van der Waals surface area contributed by atoms with E-state index in [2.05, 4.69) is 16.0 Å². The highest BCUT2D eigenvalue weighted by atomic mass is 35.5. The summed E-state index contributed by atoms with van der Waals surface area (Å²) in [5.74, 6) is -0.282. The Bertz CT molecular complexity index is 1990. The Hall–Kier alpha value is -5.22. The van der Waals surface area contributed by atoms with E-state index in [0.717, 1.165) is 5.56 Å². The Labute approximate surface area is 298 Å². The lowest BCUT2D eigenvalue weighted by Gasteiger charge is -2.18. The van der Waals surface area contributed by atoms with Gasteiger partial charge in [-0.25, -0.2) is 0 Å². The number of methoxy groups -OCH3 is 2. The quantitative estimate of drug-likeness (QED) is 0.0882. The van der Waals surface area contributed by atoms with Gasteiger partial charge in [-0.15, -0.1) is 11.8 Å². The first-order chi connectivity index (χ1) is 23.7. The Morgan fingerprint density at radius 2 is 1.43 bits per heavy atom. The van der Waals surface area contributed by atoms with Crippen LogP contribution in [-0.2, 0) is 9.59 Å². The summed E-state index contributed by atoms with van der Waals surface area (Å²) in [6.07, 6.45) is 1.53. The minimum Gasteiger partial charge on any atom is -0.497 e. The third kappa shape index (κ3) is 9.45. The van der Waals surface area contributed by atoms with E-state index in [1.54, 1.807) is 92.0 Å². The molecule has 11 heteroatoms. The van der Waals surface area contributed by atoms with Gasteiger partial charge in [0, 0.05) is 33.5 Å². The molecule has 0 fully saturated rings. The fourth-order valence-corrected chi connectivity index (χ4v) is 6.08. The van der Waals surface area contributed by atoms with E-state index in [1.807, 2.05) is 36.4 Å². The van der Waals surface area contributed by atoms with Gasteiger partial charge < -0.3 is 25.4 Å². The molecule has 0 aromatic heterocycles. The predicted octanol–water partition coefficient (Wildman–Crippen LogP) is 8.89. The van der Waals surface area contributed by atoms with Crippen LogP contribution in [0.3, 0.4) is 0 Å². The zero-order valence-corrected chi connectivity index (χ0v) is 28.7. The molecule has 5 aromatic carbocycles. The molecular weight excluding hydrogens is 681 g/mol. The Kier molecular flexibility index (Phi) is 12.0. The van der Waals surface area contributed by atoms with Crippen LogP contribution < -0.4 is 25.4 Å². The molecule has 0 aliphatic heterocycles. The van der Waals surface area contributed by atoms with Crippen molar-refractivity contribution in [1.29, 1.82) is 0 Å². The SMILES string of the molecule is COc1ccc(/C=C(/NC(=O)c2ccccc2)C(=O)Nc2cccc(SC(C(=O)Nc3ccc(Cl)c(Cl)c3)c3ccccc3)c2)c(OC)c1. The van der Waals surface area contributed by atoms with Gasteiger partial charge in [0.2, 0.25) is 5.91 Å². The lowest BCUT2D eigenvalue weighted by Crippen LogP contribution is -2.30. The number of hydrogen-bond acceptors (Lipinski definition) is 6. The summed E-state index contributed by atoms with van der Waals surface area (Å²) < 4.78 is 10.8. The highest BCUT2D eigenvalue weighted by Crippen LogP contribution is 2.38. The maximum absolute atomic E-state index is 13.8. The monoisotopic (exact) mass is 711 g/mol. The minimum atomic E-state index is -0.648. The predicted molar refractivity (Wildman–Crippen MR) is 197 cm³/mol. The highest BCUT2D eigenvalue weighted by Gasteiger charge is 2.23. The van der Waals surface area contributed by atoms with Gasteiger partial charge in [-0.3, -0.25) is 14.4 Å². The van der Waals surface area contributed by atoms with Crippen molar-refractivity contribution < 1.29 is 23.9 Å². The molecule has 8 nitrogen and oxygen atoms in total. The van der Waals surface area contributed by atoms with Crippen molar-refractivity contribution in [2.75, 3.05) is 24.9 Å². The average Bonchev–Trinajstić information content (AvgIpc) is 3.12. The van der Waals surface area contributed by atoms with Gasteiger partial charge in [-0.2, -0.15) is 0 Å². The largest absolute Gasteiger partial charge is 0.497 e. The molecule has 5 aromatic rings. The van der Waals surface area contributed by atoms with Crippen molar-refractivity contribution in [2.24, 2.45) is 0 Å². The Morgan fingerprint density at radius 1 is 0.714 bits per heavy atom. The van der Waals surface area contributed by atoms with Crippen LogP contribution in [0.15, 0.2) is 132 Å². The van der Waals surface area contributed by atoms with E-state index in [1.165, 1.54) is 24.9 Å². The number of carbonyl (C=O) groups is 3. The van der Waals surface area contributed by atoms with Crippen molar-refractivity contribution in [3.05, 3.63) is 154 Å². The van der Waals surface area contributed by atoms with Crippen LogP contribution >= 0.6 is 35.0 Å². The fraction of sp³-hybridized carbons (Fsp3) is 0.0789. The molecule has 5 rings (SSSR count). The maximum atomic E-state index is 13.8. The average molecular weight is 713 g/mol. The van der Waals surface area contributed by atoms with Gasteiger partial charge in [0.1, 0.15) is 22.4 Å². The molecule has 0 aliphatic rings. The lowest BCUT2D eigenvalue weighted by molar-refractivity contribution is -0.116. The topological polar surface area (TPSA) is 106 Å². The number of ether oxygens (including phenoxy) is 2. The van der Waals surface area contributed by atoms with Crippen LogP contribution in [0.5, 0.6) is 11.5 Å². The Morgan fingerprint density at radius 3 is 2.12 bits per heavy atom. The van der Waals surface area contributed by atoms with Crippen molar-refractivity contribution in [3.63, 3.8) is 0 Å². The van der Waals surface area contributed by atoms with Crippen molar-refractivity contribution in [1.82, 2.24) is 5.32 Å². The molecule has 3 N–H and O–H groups in total. The van der Waals surface area contributed by atoms with Crippen LogP contribution in [0.1, 0.15) is 26.7 Å². The summed E-state index contributed by atoms with van der Waals surface area (Å²) in [5, 5.41) is 8.61. The molecule has 0 saturated carbocycles. The molecule has 0 spiro atoms. The molecule has 1 unspecified atom stereocenters. The number of benzene rings is 5. The van der Waals surface area contributed by atoms with E-state index in [0.29, 0.717) is 48.9 Å². The molecule has 3 amide bonds. The summed E-state index contributed by atoms with van der Waals surface area (Å²) in [4.78, 5) is 41.3. The molecule has 0 aliphatic carbocycles. The van der Waals surface area contributed by atoms with Crippen molar-refractivity contribution in [2.45, 2.75) is 10.1 Å². The minimum absolute atomic E-state index is 0.0152. The van der Waals surface area contributed by atoms with Gasteiger partial charge in [0.15, 0.2) is 0 Å². The molecule has 248 valence electrons. The van der Waals surface area contributed by atoms with Gasteiger partial charge in [-0.05, 0) is 72.3 Å². The molecule has 0 radical (unpaired) electrons. The van der Waals surface area contributed by atoms with Crippen LogP contribution in [0.25, 0.3) is 6.08 Å². The van der Waals surface area contributed by atoms with Gasteiger partial charge in [-0.1, -0.05) is 77.8 Å². The summed E-state index contributed by atoms with van der Waals surface area (Å²) in [5.41, 5.74) is 2.65. The van der Waals surface area contributed by atoms with Gasteiger partial charge >= 0.3 is 0 Å². The number of halogens is 2. The highest BCUT2D eigenvalue weighted by molar-refractivity contribution is 8.00. The zero-order valence-electron chi connectivity index (χ0n) is 26.4. The van der Waals surface area contributed by atoms with E-state index in [4.69, 9.17) is 32.7 Å². The first-order valence-corrected chi connectivity index (χ1v) is 16.6. The van der Waals surface area contributed by atoms with E-state index < -0.39 is 17.1 Å². The number of hydrogen-bond donors (Lipinski definition) is 3. The zero-order chi connectivity index (χ0) is 34.8. The summed E-state index contributed by atoms with van der Waals surface area (Å²) >= 11 is 13.5. The van der Waals surface area contributed by atoms with Crippen molar-refractivity contribution >= 4 is 70.1 Å². The van der Waals surface area contributed by atoms with Crippen LogP contribution in [0, 0.1) is 0 Å². The first kappa shape index (κ1) is 35.1. The molecule has 0 bridgehead atoms. The van der Waals surface area contributed by atoms with Gasteiger partial charge in [0.25, 0.3) is 11.8 Å². The van der Waals surface area contributed by atoms with Crippen LogP contribution in [0.4, 0.5) is 11.4 Å². The number of anilines is 2.